The number of nitrogens with two attached hydrogens (primary N) is 1. The van der Waals surface area contributed by atoms with Crippen molar-refractivity contribution in [3.05, 3.63) is 81.7 Å². The predicted octanol–water partition coefficient (Wildman–Crippen LogP) is 5.46. The number of hydrogen-bond acceptors (Lipinski definition) is 6. The van der Waals surface area contributed by atoms with E-state index in [1.54, 1.807) is 0 Å². The Morgan fingerprint density at radius 2 is 1.91 bits per heavy atom. The minimum atomic E-state index is -2.38. The number of aliphatic hydroxyl groups excluding tert-OH is 1. The van der Waals surface area contributed by atoms with Gasteiger partial charge < -0.3 is 30.7 Å². The molecule has 1 amide bonds. The van der Waals surface area contributed by atoms with Crippen LogP contribution in [0, 0.1) is 5.82 Å². The summed E-state index contributed by atoms with van der Waals surface area (Å²) in [6, 6.07) is 10.9. The summed E-state index contributed by atoms with van der Waals surface area (Å²) in [6.07, 6.45) is 3.54. The zero-order valence-corrected chi connectivity index (χ0v) is 26.3. The number of amides is 1. The monoisotopic (exact) mass is 630 g/mol. The third kappa shape index (κ3) is 5.93. The Morgan fingerprint density at radius 1 is 1.25 bits per heavy atom. The number of carbonyl (C=O) groups is 1. The fourth-order valence-electron chi connectivity index (χ4n) is 6.85. The van der Waals surface area contributed by atoms with Crippen molar-refractivity contribution in [3.8, 4) is 5.75 Å². The molecule has 2 aromatic rings. The summed E-state index contributed by atoms with van der Waals surface area (Å²) in [5.41, 5.74) is 2.59. The SMILES string of the molecule is C[C@H](O)COC1C=CC(C(N)=O)=C(c2c(Cl)c(F)cc3c2[C@H](C)[C@@](CNC2CCC(C)(O)CC2)(c2ccccc2)O3)C1(C)F. The van der Waals surface area contributed by atoms with Gasteiger partial charge in [-0.1, -0.05) is 61.0 Å². The Balaban J connectivity index is 1.63. The molecule has 7 nitrogen and oxygen atoms in total. The number of halogens is 3. The van der Waals surface area contributed by atoms with Gasteiger partial charge in [-0.05, 0) is 52.0 Å². The van der Waals surface area contributed by atoms with E-state index in [0.29, 0.717) is 24.9 Å². The number of aliphatic hydroxyl groups is 2. The summed E-state index contributed by atoms with van der Waals surface area (Å²) in [4.78, 5) is 12.7. The molecule has 1 fully saturated rings. The molecule has 2 aromatic carbocycles. The molecule has 2 aliphatic carbocycles. The van der Waals surface area contributed by atoms with Crippen molar-refractivity contribution >= 4 is 23.1 Å². The second-order valence-electron chi connectivity index (χ2n) is 12.9. The number of primary amides is 1. The second kappa shape index (κ2) is 12.2. The average Bonchev–Trinajstić information content (AvgIpc) is 3.24. The molecule has 2 unspecified atom stereocenters. The first-order valence-electron chi connectivity index (χ1n) is 15.1. The molecule has 5 atom stereocenters. The standard InChI is InChI=1S/C34H41ClF2N2O5/c1-19(40)17-43-26-11-10-23(31(38)41)29(33(26,4)37)28-27-20(2)34(21-8-6-5-7-9-21,44-25(27)16-24(36)30(28)35)18-39-22-12-14-32(3,42)15-13-22/h5-11,16,19-20,22,26,39-40,42H,12-15,17-18H2,1-4H3,(H2,38,41)/t19-,20-,22?,26?,32?,33?,34-/m0/s1. The lowest BCUT2D eigenvalue weighted by atomic mass is 9.73. The molecule has 0 saturated heterocycles. The molecule has 10 heteroatoms. The van der Waals surface area contributed by atoms with E-state index >= 15 is 8.78 Å². The Kier molecular flexibility index (Phi) is 9.01. The third-order valence-corrected chi connectivity index (χ3v) is 9.76. The maximum Gasteiger partial charge on any atom is 0.249 e. The number of nitrogens with one attached hydrogen (secondary N) is 1. The van der Waals surface area contributed by atoms with Crippen molar-refractivity contribution in [1.29, 1.82) is 0 Å². The van der Waals surface area contributed by atoms with Gasteiger partial charge in [-0.2, -0.15) is 0 Å². The van der Waals surface area contributed by atoms with E-state index in [2.05, 4.69) is 5.32 Å². The van der Waals surface area contributed by atoms with Gasteiger partial charge in [0.2, 0.25) is 5.91 Å². The van der Waals surface area contributed by atoms with Crippen molar-refractivity contribution < 1.29 is 33.3 Å². The van der Waals surface area contributed by atoms with Gasteiger partial charge in [0.25, 0.3) is 0 Å². The minimum Gasteiger partial charge on any atom is -0.480 e. The summed E-state index contributed by atoms with van der Waals surface area (Å²) >= 11 is 6.68. The molecule has 0 spiro atoms. The molecule has 0 bridgehead atoms. The minimum absolute atomic E-state index is 0.00878. The van der Waals surface area contributed by atoms with Gasteiger partial charge in [0.15, 0.2) is 11.3 Å². The lowest BCUT2D eigenvalue weighted by Gasteiger charge is -2.39. The van der Waals surface area contributed by atoms with E-state index in [1.807, 2.05) is 44.2 Å². The fourth-order valence-corrected chi connectivity index (χ4v) is 7.10. The number of alkyl halides is 1. The van der Waals surface area contributed by atoms with E-state index in [4.69, 9.17) is 26.8 Å². The van der Waals surface area contributed by atoms with Crippen molar-refractivity contribution in [3.63, 3.8) is 0 Å². The van der Waals surface area contributed by atoms with Crippen LogP contribution in [0.1, 0.15) is 76.0 Å². The van der Waals surface area contributed by atoms with E-state index < -0.39 is 46.7 Å². The van der Waals surface area contributed by atoms with Crippen LogP contribution < -0.4 is 15.8 Å². The van der Waals surface area contributed by atoms with Gasteiger partial charge in [0.05, 0.1) is 23.3 Å². The summed E-state index contributed by atoms with van der Waals surface area (Å²) in [5.74, 6) is -2.04. The summed E-state index contributed by atoms with van der Waals surface area (Å²) < 4.78 is 45.1. The van der Waals surface area contributed by atoms with E-state index in [-0.39, 0.29) is 40.1 Å². The van der Waals surface area contributed by atoms with Crippen LogP contribution in [0.15, 0.2) is 54.1 Å². The number of rotatable bonds is 9. The Labute approximate surface area is 262 Å². The van der Waals surface area contributed by atoms with Crippen LogP contribution in [0.5, 0.6) is 5.75 Å². The topological polar surface area (TPSA) is 114 Å². The Morgan fingerprint density at radius 3 is 2.52 bits per heavy atom. The number of hydrogen-bond donors (Lipinski definition) is 4. The predicted molar refractivity (Wildman–Crippen MR) is 166 cm³/mol. The molecule has 1 heterocycles. The maximum absolute atomic E-state index is 17.0. The zero-order chi connectivity index (χ0) is 32.0. The summed E-state index contributed by atoms with van der Waals surface area (Å²) in [5, 5.41) is 23.5. The normalized spacial score (nSPS) is 32.3. The Hall–Kier alpha value is -2.82. The number of ether oxygens (including phenoxy) is 2. The largest absolute Gasteiger partial charge is 0.480 e. The van der Waals surface area contributed by atoms with Gasteiger partial charge in [0, 0.05) is 46.8 Å². The van der Waals surface area contributed by atoms with Gasteiger partial charge >= 0.3 is 0 Å². The van der Waals surface area contributed by atoms with Crippen LogP contribution in [0.4, 0.5) is 8.78 Å². The van der Waals surface area contributed by atoms with Crippen LogP contribution in [0.3, 0.4) is 0 Å². The van der Waals surface area contributed by atoms with E-state index in [9.17, 15) is 15.0 Å². The van der Waals surface area contributed by atoms with Crippen molar-refractivity contribution in [2.45, 2.75) is 94.4 Å². The van der Waals surface area contributed by atoms with Crippen LogP contribution >= 0.6 is 11.6 Å². The van der Waals surface area contributed by atoms with Crippen LogP contribution in [-0.2, 0) is 15.1 Å². The lowest BCUT2D eigenvalue weighted by Crippen LogP contribution is -2.49. The third-order valence-electron chi connectivity index (χ3n) is 9.39. The number of carbonyl (C=O) groups excluding carboxylic acids is 1. The quantitative estimate of drug-likeness (QED) is 0.293. The highest BCUT2D eigenvalue weighted by atomic mass is 35.5. The maximum atomic E-state index is 17.0. The molecule has 5 N–H and O–H groups in total. The number of benzene rings is 2. The van der Waals surface area contributed by atoms with Crippen molar-refractivity contribution in [2.24, 2.45) is 5.73 Å². The highest BCUT2D eigenvalue weighted by Crippen LogP contribution is 2.57. The average molecular weight is 631 g/mol. The number of fused-ring (bicyclic) bond motifs is 1. The van der Waals surface area contributed by atoms with Crippen LogP contribution in [0.2, 0.25) is 5.02 Å². The highest BCUT2D eigenvalue weighted by Gasteiger charge is 2.53. The van der Waals surface area contributed by atoms with Crippen LogP contribution in [0.25, 0.3) is 5.57 Å². The van der Waals surface area contributed by atoms with Crippen molar-refractivity contribution in [2.75, 3.05) is 13.2 Å². The fraction of sp³-hybridized carbons (Fsp3) is 0.500. The van der Waals surface area contributed by atoms with Gasteiger partial charge in [-0.25, -0.2) is 8.78 Å². The summed E-state index contributed by atoms with van der Waals surface area (Å²) in [6.45, 7) is 6.69. The molecule has 0 radical (unpaired) electrons. The zero-order valence-electron chi connectivity index (χ0n) is 25.5. The molecule has 3 aliphatic rings. The van der Waals surface area contributed by atoms with E-state index in [0.717, 1.165) is 18.4 Å². The molecule has 5 rings (SSSR count). The van der Waals surface area contributed by atoms with Gasteiger partial charge in [-0.15, -0.1) is 0 Å². The van der Waals surface area contributed by atoms with E-state index in [1.165, 1.54) is 32.1 Å². The lowest BCUT2D eigenvalue weighted by molar-refractivity contribution is -0.114. The molecule has 0 aromatic heterocycles. The smallest absolute Gasteiger partial charge is 0.249 e. The molecule has 238 valence electrons. The highest BCUT2D eigenvalue weighted by molar-refractivity contribution is 6.33. The first kappa shape index (κ1) is 32.6. The molecule has 1 aliphatic heterocycles. The first-order chi connectivity index (χ1) is 20.7. The van der Waals surface area contributed by atoms with Gasteiger partial charge in [0.1, 0.15) is 17.7 Å². The van der Waals surface area contributed by atoms with Crippen LogP contribution in [-0.4, -0.2) is 58.8 Å². The summed E-state index contributed by atoms with van der Waals surface area (Å²) in [7, 11) is 0. The second-order valence-corrected chi connectivity index (χ2v) is 13.3. The first-order valence-corrected chi connectivity index (χ1v) is 15.5. The molecule has 1 saturated carbocycles. The Bertz CT molecular complexity index is 1470. The molecule has 44 heavy (non-hydrogen) atoms. The molecular formula is C34H41ClF2N2O5. The van der Waals surface area contributed by atoms with Crippen molar-refractivity contribution in [1.82, 2.24) is 5.32 Å². The molecular weight excluding hydrogens is 590 g/mol. The van der Waals surface area contributed by atoms with Gasteiger partial charge in [-0.3, -0.25) is 4.79 Å².